The Labute approximate surface area is 189 Å². The predicted octanol–water partition coefficient (Wildman–Crippen LogP) is 4.52. The molecular weight excluding hydrogens is 456 g/mol. The molecule has 2 aromatic heterocycles. The van der Waals surface area contributed by atoms with Crippen LogP contribution in [0.3, 0.4) is 0 Å². The zero-order valence-electron chi connectivity index (χ0n) is 16.8. The minimum absolute atomic E-state index is 0.0764. The summed E-state index contributed by atoms with van der Waals surface area (Å²) in [5, 5.41) is 4.67. The molecule has 32 heavy (non-hydrogen) atoms. The molecule has 0 aliphatic carbocycles. The number of carbonyl (C=O) groups is 1. The number of fused-ring (bicyclic) bond motifs is 1. The normalized spacial score (nSPS) is 11.0. The number of hydrogen-bond acceptors (Lipinski definition) is 6. The molecule has 0 atom stereocenters. The minimum Gasteiger partial charge on any atom is -0.496 e. The van der Waals surface area contributed by atoms with Crippen LogP contribution in [0.2, 0.25) is 0 Å². The molecule has 4 aromatic rings. The highest BCUT2D eigenvalue weighted by Crippen LogP contribution is 2.24. The Kier molecular flexibility index (Phi) is 6.52. The van der Waals surface area contributed by atoms with Crippen molar-refractivity contribution >= 4 is 44.9 Å². The molecular formula is C22H17F2N3O3S2. The Morgan fingerprint density at radius 2 is 2.00 bits per heavy atom. The van der Waals surface area contributed by atoms with E-state index in [9.17, 15) is 18.4 Å². The van der Waals surface area contributed by atoms with E-state index < -0.39 is 17.5 Å². The van der Waals surface area contributed by atoms with Crippen molar-refractivity contribution in [2.24, 2.45) is 0 Å². The zero-order valence-corrected chi connectivity index (χ0v) is 18.4. The van der Waals surface area contributed by atoms with Gasteiger partial charge in [0.05, 0.1) is 24.9 Å². The van der Waals surface area contributed by atoms with Gasteiger partial charge in [-0.05, 0) is 29.6 Å². The number of nitrogens with one attached hydrogen (secondary N) is 1. The van der Waals surface area contributed by atoms with Gasteiger partial charge in [-0.2, -0.15) is 0 Å². The van der Waals surface area contributed by atoms with Gasteiger partial charge in [-0.3, -0.25) is 14.2 Å². The second-order valence-corrected chi connectivity index (χ2v) is 8.56. The standard InChI is InChI=1S/C22H17F2N3O3S2/c1-30-18-5-3-2-4-13(18)11-27-21(29)20-17(8-9-31-20)26-22(27)32-12-19(28)25-14-6-7-15(23)16(24)10-14/h2-10H,11-12H2,1H3,(H,25,28). The van der Waals surface area contributed by atoms with Crippen LogP contribution in [0.4, 0.5) is 14.5 Å². The number of ether oxygens (including phenoxy) is 1. The van der Waals surface area contributed by atoms with Gasteiger partial charge in [0.25, 0.3) is 5.56 Å². The van der Waals surface area contributed by atoms with Crippen molar-refractivity contribution in [2.75, 3.05) is 18.2 Å². The van der Waals surface area contributed by atoms with E-state index in [0.717, 1.165) is 29.5 Å². The van der Waals surface area contributed by atoms with Crippen LogP contribution in [-0.4, -0.2) is 28.3 Å². The Morgan fingerprint density at radius 3 is 2.78 bits per heavy atom. The highest BCUT2D eigenvalue weighted by atomic mass is 32.2. The van der Waals surface area contributed by atoms with Gasteiger partial charge in [0.15, 0.2) is 16.8 Å². The number of benzene rings is 2. The molecule has 0 aliphatic rings. The Morgan fingerprint density at radius 1 is 1.19 bits per heavy atom. The molecule has 0 fully saturated rings. The van der Waals surface area contributed by atoms with Gasteiger partial charge in [0.2, 0.25) is 5.91 Å². The van der Waals surface area contributed by atoms with Crippen LogP contribution in [0.5, 0.6) is 5.75 Å². The molecule has 0 unspecified atom stereocenters. The van der Waals surface area contributed by atoms with Crippen LogP contribution in [0.25, 0.3) is 10.2 Å². The molecule has 6 nitrogen and oxygen atoms in total. The van der Waals surface area contributed by atoms with Crippen molar-refractivity contribution in [3.63, 3.8) is 0 Å². The fourth-order valence-electron chi connectivity index (χ4n) is 3.08. The van der Waals surface area contributed by atoms with E-state index in [0.29, 0.717) is 21.1 Å². The summed E-state index contributed by atoms with van der Waals surface area (Å²) in [6.07, 6.45) is 0. The number of methoxy groups -OCH3 is 1. The van der Waals surface area contributed by atoms with E-state index in [1.165, 1.54) is 22.0 Å². The number of rotatable bonds is 7. The fraction of sp³-hybridized carbons (Fsp3) is 0.136. The third-order valence-corrected chi connectivity index (χ3v) is 6.46. The molecule has 1 N–H and O–H groups in total. The Bertz CT molecular complexity index is 1350. The number of thioether (sulfide) groups is 1. The first-order valence-electron chi connectivity index (χ1n) is 9.44. The van der Waals surface area contributed by atoms with Gasteiger partial charge in [0.1, 0.15) is 10.4 Å². The first-order chi connectivity index (χ1) is 15.5. The summed E-state index contributed by atoms with van der Waals surface area (Å²) in [5.41, 5.74) is 1.28. The first kappa shape index (κ1) is 22.0. The molecule has 0 aliphatic heterocycles. The van der Waals surface area contributed by atoms with Crippen LogP contribution in [0, 0.1) is 11.6 Å². The van der Waals surface area contributed by atoms with Crippen molar-refractivity contribution in [2.45, 2.75) is 11.7 Å². The maximum atomic E-state index is 13.4. The van der Waals surface area contributed by atoms with Gasteiger partial charge in [-0.15, -0.1) is 11.3 Å². The molecule has 10 heteroatoms. The number of aromatic nitrogens is 2. The molecule has 1 amide bonds. The number of anilines is 1. The SMILES string of the molecule is COc1ccccc1Cn1c(SCC(=O)Nc2ccc(F)c(F)c2)nc2ccsc2c1=O. The summed E-state index contributed by atoms with van der Waals surface area (Å²) in [6.45, 7) is 0.219. The summed E-state index contributed by atoms with van der Waals surface area (Å²) < 4.78 is 33.9. The molecule has 0 saturated heterocycles. The van der Waals surface area contributed by atoms with Gasteiger partial charge in [-0.25, -0.2) is 13.8 Å². The lowest BCUT2D eigenvalue weighted by molar-refractivity contribution is -0.113. The van der Waals surface area contributed by atoms with E-state index in [1.54, 1.807) is 24.6 Å². The van der Waals surface area contributed by atoms with Gasteiger partial charge < -0.3 is 10.1 Å². The van der Waals surface area contributed by atoms with E-state index >= 15 is 0 Å². The largest absolute Gasteiger partial charge is 0.496 e. The van der Waals surface area contributed by atoms with Gasteiger partial charge in [0, 0.05) is 17.3 Å². The van der Waals surface area contributed by atoms with Crippen LogP contribution < -0.4 is 15.6 Å². The van der Waals surface area contributed by atoms with Crippen LogP contribution in [0.15, 0.2) is 63.9 Å². The fourth-order valence-corrected chi connectivity index (χ4v) is 4.66. The number of halogens is 2. The smallest absolute Gasteiger partial charge is 0.272 e. The van der Waals surface area contributed by atoms with Gasteiger partial charge >= 0.3 is 0 Å². The van der Waals surface area contributed by atoms with Crippen molar-refractivity contribution in [3.8, 4) is 5.75 Å². The number of hydrogen-bond donors (Lipinski definition) is 1. The second-order valence-electron chi connectivity index (χ2n) is 6.70. The van der Waals surface area contributed by atoms with E-state index in [4.69, 9.17) is 4.74 Å². The van der Waals surface area contributed by atoms with Crippen LogP contribution >= 0.6 is 23.1 Å². The van der Waals surface area contributed by atoms with Crippen molar-refractivity contribution < 1.29 is 18.3 Å². The molecule has 4 rings (SSSR count). The Balaban J connectivity index is 1.59. The monoisotopic (exact) mass is 473 g/mol. The Hall–Kier alpha value is -3.24. The van der Waals surface area contributed by atoms with Gasteiger partial charge in [-0.1, -0.05) is 30.0 Å². The molecule has 164 valence electrons. The number of thiophene rings is 1. The van der Waals surface area contributed by atoms with Crippen LogP contribution in [-0.2, 0) is 11.3 Å². The first-order valence-corrected chi connectivity index (χ1v) is 11.3. The van der Waals surface area contributed by atoms with E-state index in [2.05, 4.69) is 10.3 Å². The maximum absolute atomic E-state index is 13.4. The summed E-state index contributed by atoms with van der Waals surface area (Å²) >= 11 is 2.39. The van der Waals surface area contributed by atoms with Crippen molar-refractivity contribution in [1.29, 1.82) is 0 Å². The quantitative estimate of drug-likeness (QED) is 0.316. The third-order valence-electron chi connectivity index (χ3n) is 4.59. The molecule has 0 saturated carbocycles. The predicted molar refractivity (Wildman–Crippen MR) is 122 cm³/mol. The lowest BCUT2D eigenvalue weighted by atomic mass is 10.2. The molecule has 0 radical (unpaired) electrons. The molecule has 0 spiro atoms. The summed E-state index contributed by atoms with van der Waals surface area (Å²) in [6, 6.07) is 12.2. The second kappa shape index (κ2) is 9.49. The lowest BCUT2D eigenvalue weighted by Gasteiger charge is -2.14. The molecule has 0 bridgehead atoms. The number of amides is 1. The maximum Gasteiger partial charge on any atom is 0.272 e. The number of nitrogens with zero attached hydrogens (tertiary/aromatic N) is 2. The van der Waals surface area contributed by atoms with E-state index in [-0.39, 0.29) is 23.5 Å². The van der Waals surface area contributed by atoms with Crippen molar-refractivity contribution in [1.82, 2.24) is 9.55 Å². The lowest BCUT2D eigenvalue weighted by Crippen LogP contribution is -2.24. The number of carbonyl (C=O) groups excluding carboxylic acids is 1. The zero-order chi connectivity index (χ0) is 22.7. The summed E-state index contributed by atoms with van der Waals surface area (Å²) in [5.74, 6) is -1.92. The topological polar surface area (TPSA) is 73.2 Å². The van der Waals surface area contributed by atoms with Crippen molar-refractivity contribution in [3.05, 3.63) is 81.5 Å². The molecule has 2 heterocycles. The molecule has 2 aromatic carbocycles. The summed E-state index contributed by atoms with van der Waals surface area (Å²) in [4.78, 5) is 30.0. The third kappa shape index (κ3) is 4.66. The van der Waals surface area contributed by atoms with Crippen LogP contribution in [0.1, 0.15) is 5.56 Å². The minimum atomic E-state index is -1.05. The highest BCUT2D eigenvalue weighted by Gasteiger charge is 2.16. The highest BCUT2D eigenvalue weighted by molar-refractivity contribution is 7.99. The van der Waals surface area contributed by atoms with E-state index in [1.807, 2.05) is 18.2 Å². The summed E-state index contributed by atoms with van der Waals surface area (Å²) in [7, 11) is 1.56. The average molecular weight is 474 g/mol. The number of para-hydroxylation sites is 1. The average Bonchev–Trinajstić information content (AvgIpc) is 3.26.